The number of aliphatic hydroxyl groups is 2. The van der Waals surface area contributed by atoms with Crippen LogP contribution in [0, 0.1) is 0 Å². The molecular formula is C40H47N11O6. The number of aromatic nitrogens is 5. The van der Waals surface area contributed by atoms with E-state index in [4.69, 9.17) is 4.74 Å². The van der Waals surface area contributed by atoms with E-state index < -0.39 is 36.3 Å². The van der Waals surface area contributed by atoms with Gasteiger partial charge in [-0.25, -0.2) is 29.5 Å². The van der Waals surface area contributed by atoms with Gasteiger partial charge in [0.15, 0.2) is 11.5 Å². The van der Waals surface area contributed by atoms with Crippen molar-refractivity contribution in [2.45, 2.75) is 55.5 Å². The molecule has 7 rings (SSSR count). The summed E-state index contributed by atoms with van der Waals surface area (Å²) in [7, 11) is 1.21. The lowest BCUT2D eigenvalue weighted by Crippen LogP contribution is -2.49. The summed E-state index contributed by atoms with van der Waals surface area (Å²) in [5.74, 6) is 0.386. The van der Waals surface area contributed by atoms with Gasteiger partial charge in [-0.15, -0.1) is 0 Å². The molecule has 7 N–H and O–H groups in total. The van der Waals surface area contributed by atoms with Gasteiger partial charge >= 0.3 is 12.1 Å². The van der Waals surface area contributed by atoms with Crippen molar-refractivity contribution in [1.82, 2.24) is 45.8 Å². The zero-order chi connectivity index (χ0) is 39.7. The Morgan fingerprint density at radius 1 is 0.842 bits per heavy atom. The molecule has 4 amide bonds. The Morgan fingerprint density at radius 3 is 2.19 bits per heavy atom. The van der Waals surface area contributed by atoms with Crippen LogP contribution in [0.4, 0.5) is 21.2 Å². The number of anilines is 2. The van der Waals surface area contributed by atoms with Crippen LogP contribution in [0.25, 0.3) is 11.2 Å². The number of alkyl carbamates (subject to hydrolysis) is 1. The van der Waals surface area contributed by atoms with E-state index in [1.807, 2.05) is 54.6 Å². The van der Waals surface area contributed by atoms with E-state index in [0.717, 1.165) is 42.9 Å². The molecule has 17 heteroatoms. The number of pyridine rings is 1. The zero-order valence-electron chi connectivity index (χ0n) is 31.5. The molecule has 0 spiro atoms. The van der Waals surface area contributed by atoms with Crippen LogP contribution in [0.1, 0.15) is 53.0 Å². The molecule has 3 aromatic heterocycles. The summed E-state index contributed by atoms with van der Waals surface area (Å²) in [4.78, 5) is 58.7. The number of ether oxygens (including phenoxy) is 1. The van der Waals surface area contributed by atoms with Crippen LogP contribution >= 0.6 is 0 Å². The quantitative estimate of drug-likeness (QED) is 0.0858. The number of urea groups is 1. The molecule has 2 aromatic carbocycles. The fourth-order valence-corrected chi connectivity index (χ4v) is 7.48. The largest absolute Gasteiger partial charge is 0.453 e. The van der Waals surface area contributed by atoms with E-state index in [1.165, 1.54) is 13.4 Å². The molecule has 2 fully saturated rings. The molecule has 0 bridgehead atoms. The number of rotatable bonds is 13. The van der Waals surface area contributed by atoms with Crippen molar-refractivity contribution in [1.29, 1.82) is 0 Å². The second-order valence-corrected chi connectivity index (χ2v) is 14.1. The summed E-state index contributed by atoms with van der Waals surface area (Å²) in [6, 6.07) is 24.0. The number of imidazole rings is 1. The third kappa shape index (κ3) is 9.22. The average molecular weight is 778 g/mol. The average Bonchev–Trinajstić information content (AvgIpc) is 3.80. The number of piperidine rings is 1. The van der Waals surface area contributed by atoms with Gasteiger partial charge in [0.25, 0.3) is 5.91 Å². The minimum absolute atomic E-state index is 0.0184. The second-order valence-electron chi connectivity index (χ2n) is 14.1. The Hall–Kier alpha value is -6.33. The van der Waals surface area contributed by atoms with E-state index in [9.17, 15) is 24.6 Å². The molecule has 298 valence electrons. The first-order valence-electron chi connectivity index (χ1n) is 19.1. The lowest BCUT2D eigenvalue weighted by Gasteiger charge is -2.33. The standard InChI is InChI=1S/C40H47N11O6/c1-57-40(56)47-29-22-30(34(53)33(29)52)51-24-45-32-35(44-23-28(25-10-4-2-5-11-25)26-12-6-3-7-13-26)48-36(49-37(32)51)38(54)42-18-19-43-39(55)46-27-15-20-50(21-16-27)31-14-8-9-17-41-31/h2-14,17,24,27-30,33-34,52-53H,15-16,18-23H2,1H3,(H,42,54)(H,47,56)(H2,43,46,55)(H,44,48,49)/t29-,30+,33+,34-/m0/s1. The number of amides is 4. The Labute approximate surface area is 329 Å². The number of carbonyl (C=O) groups is 3. The van der Waals surface area contributed by atoms with Crippen LogP contribution in [0.5, 0.6) is 0 Å². The molecule has 0 unspecified atom stereocenters. The maximum Gasteiger partial charge on any atom is 0.407 e. The Bertz CT molecular complexity index is 2080. The fourth-order valence-electron chi connectivity index (χ4n) is 7.48. The van der Waals surface area contributed by atoms with Gasteiger partial charge in [-0.05, 0) is 42.5 Å². The highest BCUT2D eigenvalue weighted by Gasteiger charge is 2.44. The fraction of sp³-hybridized carbons (Fsp3) is 0.375. The highest BCUT2D eigenvalue weighted by atomic mass is 16.5. The van der Waals surface area contributed by atoms with E-state index in [1.54, 1.807) is 10.8 Å². The number of nitrogens with one attached hydrogen (secondary N) is 5. The third-order valence-corrected chi connectivity index (χ3v) is 10.5. The molecule has 1 aliphatic carbocycles. The minimum atomic E-state index is -1.30. The Balaban J connectivity index is 1.05. The minimum Gasteiger partial charge on any atom is -0.453 e. The van der Waals surface area contributed by atoms with Gasteiger partial charge in [0.1, 0.15) is 23.5 Å². The van der Waals surface area contributed by atoms with Crippen LogP contribution in [0.2, 0.25) is 0 Å². The van der Waals surface area contributed by atoms with Crippen molar-refractivity contribution in [2.24, 2.45) is 0 Å². The van der Waals surface area contributed by atoms with Crippen molar-refractivity contribution < 1.29 is 29.3 Å². The summed E-state index contributed by atoms with van der Waals surface area (Å²) in [6.07, 6.45) is 1.62. The van der Waals surface area contributed by atoms with Gasteiger partial charge in [0.05, 0.1) is 25.5 Å². The normalized spacial score (nSPS) is 19.6. The van der Waals surface area contributed by atoms with E-state index in [2.05, 4.69) is 75.7 Å². The summed E-state index contributed by atoms with van der Waals surface area (Å²) >= 11 is 0. The Kier molecular flexibility index (Phi) is 12.3. The van der Waals surface area contributed by atoms with Gasteiger partial charge in [-0.1, -0.05) is 66.7 Å². The number of fused-ring (bicyclic) bond motifs is 1. The van der Waals surface area contributed by atoms with Gasteiger partial charge in [0.2, 0.25) is 5.82 Å². The van der Waals surface area contributed by atoms with Crippen molar-refractivity contribution >= 4 is 40.8 Å². The van der Waals surface area contributed by atoms with Crippen LogP contribution in [-0.4, -0.2) is 117 Å². The lowest BCUT2D eigenvalue weighted by atomic mass is 9.91. The molecule has 0 radical (unpaired) electrons. The van der Waals surface area contributed by atoms with E-state index >= 15 is 0 Å². The van der Waals surface area contributed by atoms with Crippen LogP contribution in [0.15, 0.2) is 91.4 Å². The Morgan fingerprint density at radius 2 is 1.53 bits per heavy atom. The number of carbonyl (C=O) groups excluding carboxylic acids is 3. The second kappa shape index (κ2) is 18.1. The number of hydrogen-bond acceptors (Lipinski definition) is 12. The predicted octanol–water partition coefficient (Wildman–Crippen LogP) is 2.55. The topological polar surface area (TPSA) is 221 Å². The lowest BCUT2D eigenvalue weighted by molar-refractivity contribution is 0.0142. The van der Waals surface area contributed by atoms with Gasteiger partial charge in [0, 0.05) is 50.9 Å². The van der Waals surface area contributed by atoms with Gasteiger partial charge < -0.3 is 51.0 Å². The number of aliphatic hydroxyl groups excluding tert-OH is 2. The van der Waals surface area contributed by atoms with Gasteiger partial charge in [-0.2, -0.15) is 0 Å². The summed E-state index contributed by atoms with van der Waals surface area (Å²) in [6.45, 7) is 2.22. The first kappa shape index (κ1) is 38.9. The van der Waals surface area contributed by atoms with Crippen LogP contribution < -0.4 is 31.5 Å². The maximum atomic E-state index is 13.6. The molecule has 17 nitrogen and oxygen atoms in total. The van der Waals surface area contributed by atoms with Crippen LogP contribution in [-0.2, 0) is 4.74 Å². The smallest absolute Gasteiger partial charge is 0.407 e. The highest BCUT2D eigenvalue weighted by Crippen LogP contribution is 2.34. The number of nitrogens with zero attached hydrogens (tertiary/aromatic N) is 6. The number of hydrogen-bond donors (Lipinski definition) is 7. The monoisotopic (exact) mass is 777 g/mol. The predicted molar refractivity (Wildman–Crippen MR) is 212 cm³/mol. The molecule has 1 saturated heterocycles. The molecule has 1 aliphatic heterocycles. The zero-order valence-corrected chi connectivity index (χ0v) is 31.5. The summed E-state index contributed by atoms with van der Waals surface area (Å²) in [5.41, 5.74) is 2.74. The van der Waals surface area contributed by atoms with E-state index in [0.29, 0.717) is 17.9 Å². The first-order chi connectivity index (χ1) is 27.8. The van der Waals surface area contributed by atoms with Crippen molar-refractivity contribution in [3.8, 4) is 0 Å². The highest BCUT2D eigenvalue weighted by molar-refractivity contribution is 5.94. The number of benzene rings is 2. The molecule has 1 saturated carbocycles. The molecule has 57 heavy (non-hydrogen) atoms. The van der Waals surface area contributed by atoms with Crippen molar-refractivity contribution in [2.75, 3.05) is 50.1 Å². The van der Waals surface area contributed by atoms with Crippen molar-refractivity contribution in [3.05, 3.63) is 108 Å². The number of methoxy groups -OCH3 is 1. The molecule has 5 aromatic rings. The molecular weight excluding hydrogens is 731 g/mol. The summed E-state index contributed by atoms with van der Waals surface area (Å²) < 4.78 is 6.29. The van der Waals surface area contributed by atoms with Crippen molar-refractivity contribution in [3.63, 3.8) is 0 Å². The molecule has 4 atom stereocenters. The van der Waals surface area contributed by atoms with Gasteiger partial charge in [-0.3, -0.25) is 4.79 Å². The first-order valence-corrected chi connectivity index (χ1v) is 19.1. The third-order valence-electron chi connectivity index (χ3n) is 10.5. The SMILES string of the molecule is COC(=O)N[C@H]1C[C@@H](n2cnc3c(NCC(c4ccccc4)c4ccccc4)nc(C(=O)NCCNC(=O)NC4CCN(c5ccccn5)CC4)nc32)[C@H](O)[C@@H]1O. The molecule has 4 heterocycles. The summed E-state index contributed by atoms with van der Waals surface area (Å²) in [5, 5.41) is 36.5. The molecule has 2 aliphatic rings. The maximum absolute atomic E-state index is 13.6. The van der Waals surface area contributed by atoms with Crippen LogP contribution in [0.3, 0.4) is 0 Å². The van der Waals surface area contributed by atoms with E-state index in [-0.39, 0.29) is 49.0 Å².